The number of allylic oxidation sites excluding steroid dienone is 1. The molecule has 0 aliphatic carbocycles. The molecule has 0 saturated carbocycles. The van der Waals surface area contributed by atoms with E-state index in [1.54, 1.807) is 12.1 Å². The van der Waals surface area contributed by atoms with Crippen molar-refractivity contribution in [2.75, 3.05) is 6.61 Å². The Morgan fingerprint density at radius 2 is 2.38 bits per heavy atom. The van der Waals surface area contributed by atoms with E-state index in [9.17, 15) is 4.79 Å². The van der Waals surface area contributed by atoms with Crippen molar-refractivity contribution in [2.45, 2.75) is 12.8 Å². The van der Waals surface area contributed by atoms with Crippen molar-refractivity contribution in [3.05, 3.63) is 35.5 Å². The number of hydrogen-bond donors (Lipinski definition) is 1. The molecule has 1 N–H and O–H groups in total. The maximum Gasteiger partial charge on any atom is 0.356 e. The van der Waals surface area contributed by atoms with Gasteiger partial charge in [-0.15, -0.1) is 6.58 Å². The first kappa shape index (κ1) is 12.5. The van der Waals surface area contributed by atoms with Crippen LogP contribution in [0.5, 0.6) is 5.88 Å². The van der Waals surface area contributed by atoms with Gasteiger partial charge in [0.25, 0.3) is 0 Å². The van der Waals surface area contributed by atoms with Gasteiger partial charge in [0.1, 0.15) is 0 Å². The molecule has 0 aliphatic heterocycles. The third-order valence-corrected chi connectivity index (χ3v) is 2.13. The number of carboxylic acid groups (broad SMARTS) is 1. The molecule has 0 spiro atoms. The molecule has 0 fully saturated rings. The van der Waals surface area contributed by atoms with Crippen LogP contribution >= 0.6 is 11.6 Å². The third-order valence-electron chi connectivity index (χ3n) is 1.83. The van der Waals surface area contributed by atoms with Gasteiger partial charge in [0.05, 0.1) is 11.6 Å². The minimum atomic E-state index is -1.17. The standard InChI is InChI=1S/C11H12ClNO3/c1-2-3-4-7-16-9-6-5-8(12)10(13-9)11(14)15/h2,5-6H,1,3-4,7H2,(H,14,15). The molecule has 16 heavy (non-hydrogen) atoms. The first-order valence-electron chi connectivity index (χ1n) is 4.78. The van der Waals surface area contributed by atoms with Crippen molar-refractivity contribution in [1.82, 2.24) is 4.98 Å². The van der Waals surface area contributed by atoms with Gasteiger partial charge < -0.3 is 9.84 Å². The van der Waals surface area contributed by atoms with Gasteiger partial charge in [-0.1, -0.05) is 17.7 Å². The Kier molecular flexibility index (Phi) is 4.79. The molecule has 4 nitrogen and oxygen atoms in total. The third kappa shape index (κ3) is 3.55. The second-order valence-electron chi connectivity index (χ2n) is 3.06. The number of unbranched alkanes of at least 4 members (excludes halogenated alkanes) is 1. The highest BCUT2D eigenvalue weighted by atomic mass is 35.5. The number of halogens is 1. The molecule has 1 rings (SSSR count). The van der Waals surface area contributed by atoms with Gasteiger partial charge in [0.2, 0.25) is 5.88 Å². The number of carbonyl (C=O) groups is 1. The van der Waals surface area contributed by atoms with Gasteiger partial charge >= 0.3 is 5.97 Å². The summed E-state index contributed by atoms with van der Waals surface area (Å²) in [6.45, 7) is 4.06. The maximum atomic E-state index is 10.7. The van der Waals surface area contributed by atoms with Crippen molar-refractivity contribution in [2.24, 2.45) is 0 Å². The molecule has 5 heteroatoms. The fourth-order valence-corrected chi connectivity index (χ4v) is 1.25. The van der Waals surface area contributed by atoms with E-state index in [0.29, 0.717) is 6.61 Å². The summed E-state index contributed by atoms with van der Waals surface area (Å²) in [5.41, 5.74) is -0.192. The summed E-state index contributed by atoms with van der Waals surface area (Å²) < 4.78 is 5.27. The number of pyridine rings is 1. The average Bonchev–Trinajstić information content (AvgIpc) is 2.26. The SMILES string of the molecule is C=CCCCOc1ccc(Cl)c(C(=O)O)n1. The van der Waals surface area contributed by atoms with Crippen LogP contribution in [0, 0.1) is 0 Å². The number of aromatic carboxylic acids is 1. The minimum absolute atomic E-state index is 0.103. The van der Waals surface area contributed by atoms with Crippen molar-refractivity contribution < 1.29 is 14.6 Å². The fourth-order valence-electron chi connectivity index (χ4n) is 1.06. The molecular formula is C11H12ClNO3. The van der Waals surface area contributed by atoms with Crippen LogP contribution in [-0.4, -0.2) is 22.7 Å². The van der Waals surface area contributed by atoms with E-state index in [1.165, 1.54) is 6.07 Å². The molecule has 0 aromatic carbocycles. The van der Waals surface area contributed by atoms with Gasteiger partial charge in [-0.05, 0) is 18.9 Å². The number of ether oxygens (including phenoxy) is 1. The summed E-state index contributed by atoms with van der Waals surface area (Å²) in [6.07, 6.45) is 3.46. The molecular weight excluding hydrogens is 230 g/mol. The molecule has 0 radical (unpaired) electrons. The zero-order valence-electron chi connectivity index (χ0n) is 8.65. The summed E-state index contributed by atoms with van der Waals surface area (Å²) >= 11 is 5.66. The van der Waals surface area contributed by atoms with E-state index in [1.807, 2.05) is 0 Å². The summed E-state index contributed by atoms with van der Waals surface area (Å²) in [5.74, 6) is -0.896. The molecule has 0 bridgehead atoms. The highest BCUT2D eigenvalue weighted by Crippen LogP contribution is 2.18. The van der Waals surface area contributed by atoms with Crippen LogP contribution in [-0.2, 0) is 0 Å². The molecule has 1 heterocycles. The van der Waals surface area contributed by atoms with Crippen LogP contribution in [0.4, 0.5) is 0 Å². The molecule has 0 atom stereocenters. The molecule has 1 aromatic heterocycles. The Morgan fingerprint density at radius 1 is 1.62 bits per heavy atom. The Labute approximate surface area is 98.5 Å². The van der Waals surface area contributed by atoms with Crippen molar-refractivity contribution in [3.8, 4) is 5.88 Å². The zero-order valence-corrected chi connectivity index (χ0v) is 9.41. The molecule has 0 aliphatic rings. The van der Waals surface area contributed by atoms with Crippen LogP contribution in [0.15, 0.2) is 24.8 Å². The molecule has 1 aromatic rings. The number of hydrogen-bond acceptors (Lipinski definition) is 3. The molecule has 86 valence electrons. The topological polar surface area (TPSA) is 59.4 Å². The maximum absolute atomic E-state index is 10.7. The second kappa shape index (κ2) is 6.12. The summed E-state index contributed by atoms with van der Waals surface area (Å²) in [5, 5.41) is 8.89. The molecule has 0 saturated heterocycles. The van der Waals surface area contributed by atoms with Gasteiger partial charge in [-0.3, -0.25) is 0 Å². The Hall–Kier alpha value is -1.55. The second-order valence-corrected chi connectivity index (χ2v) is 3.47. The number of aromatic nitrogens is 1. The smallest absolute Gasteiger partial charge is 0.356 e. The van der Waals surface area contributed by atoms with E-state index < -0.39 is 5.97 Å². The predicted octanol–water partition coefficient (Wildman–Crippen LogP) is 2.78. The number of nitrogens with zero attached hydrogens (tertiary/aromatic N) is 1. The van der Waals surface area contributed by atoms with E-state index in [4.69, 9.17) is 21.4 Å². The lowest BCUT2D eigenvalue weighted by molar-refractivity contribution is 0.0689. The van der Waals surface area contributed by atoms with Crippen molar-refractivity contribution in [1.29, 1.82) is 0 Å². The molecule has 0 amide bonds. The van der Waals surface area contributed by atoms with Crippen LogP contribution < -0.4 is 4.74 Å². The number of rotatable bonds is 6. The lowest BCUT2D eigenvalue weighted by Gasteiger charge is -2.05. The highest BCUT2D eigenvalue weighted by Gasteiger charge is 2.11. The van der Waals surface area contributed by atoms with E-state index >= 15 is 0 Å². The van der Waals surface area contributed by atoms with Gasteiger partial charge in [-0.2, -0.15) is 0 Å². The summed E-state index contributed by atoms with van der Waals surface area (Å²) in [4.78, 5) is 14.5. The van der Waals surface area contributed by atoms with E-state index in [0.717, 1.165) is 12.8 Å². The monoisotopic (exact) mass is 241 g/mol. The van der Waals surface area contributed by atoms with E-state index in [2.05, 4.69) is 11.6 Å². The van der Waals surface area contributed by atoms with Gasteiger partial charge in [-0.25, -0.2) is 9.78 Å². The largest absolute Gasteiger partial charge is 0.478 e. The summed E-state index contributed by atoms with van der Waals surface area (Å²) in [7, 11) is 0. The summed E-state index contributed by atoms with van der Waals surface area (Å²) in [6, 6.07) is 3.00. The molecule has 0 unspecified atom stereocenters. The van der Waals surface area contributed by atoms with Crippen molar-refractivity contribution in [3.63, 3.8) is 0 Å². The van der Waals surface area contributed by atoms with Crippen molar-refractivity contribution >= 4 is 17.6 Å². The lowest BCUT2D eigenvalue weighted by Crippen LogP contribution is -2.05. The van der Waals surface area contributed by atoms with Gasteiger partial charge in [0.15, 0.2) is 5.69 Å². The Morgan fingerprint density at radius 3 is 3.00 bits per heavy atom. The van der Waals surface area contributed by atoms with Crippen LogP contribution in [0.25, 0.3) is 0 Å². The van der Waals surface area contributed by atoms with Gasteiger partial charge in [0, 0.05) is 6.07 Å². The van der Waals surface area contributed by atoms with Crippen LogP contribution in [0.1, 0.15) is 23.3 Å². The Bertz CT molecular complexity index is 393. The lowest BCUT2D eigenvalue weighted by atomic mass is 10.3. The number of carboxylic acids is 1. The predicted molar refractivity (Wildman–Crippen MR) is 61.1 cm³/mol. The van der Waals surface area contributed by atoms with E-state index in [-0.39, 0.29) is 16.6 Å². The first-order chi connectivity index (χ1) is 7.65. The normalized spacial score (nSPS) is 9.81. The zero-order chi connectivity index (χ0) is 12.0. The minimum Gasteiger partial charge on any atom is -0.478 e. The Balaban J connectivity index is 2.64. The van der Waals surface area contributed by atoms with Crippen LogP contribution in [0.2, 0.25) is 5.02 Å². The highest BCUT2D eigenvalue weighted by molar-refractivity contribution is 6.33. The van der Waals surface area contributed by atoms with Crippen LogP contribution in [0.3, 0.4) is 0 Å². The fraction of sp³-hybridized carbons (Fsp3) is 0.273. The first-order valence-corrected chi connectivity index (χ1v) is 5.16. The quantitative estimate of drug-likeness (QED) is 0.615. The average molecular weight is 242 g/mol.